The average molecular weight is 343 g/mol. The molecule has 134 valence electrons. The minimum absolute atomic E-state index is 0.0431. The smallest absolute Gasteiger partial charge is 0.224 e. The fourth-order valence-electron chi connectivity index (χ4n) is 2.94. The molecule has 0 saturated carbocycles. The molecule has 2 heterocycles. The maximum Gasteiger partial charge on any atom is 0.224 e. The van der Waals surface area contributed by atoms with Crippen molar-refractivity contribution in [1.29, 1.82) is 0 Å². The zero-order chi connectivity index (χ0) is 17.6. The molecule has 2 aromatic rings. The Morgan fingerprint density at radius 1 is 1.32 bits per heavy atom. The number of hydrogen-bond donors (Lipinski definition) is 2. The highest BCUT2D eigenvalue weighted by Gasteiger charge is 2.17. The van der Waals surface area contributed by atoms with E-state index < -0.39 is 0 Å². The summed E-state index contributed by atoms with van der Waals surface area (Å²) in [6.45, 7) is 7.51. The van der Waals surface area contributed by atoms with E-state index in [1.807, 2.05) is 31.2 Å². The molecule has 1 amide bonds. The van der Waals surface area contributed by atoms with E-state index in [0.717, 1.165) is 49.8 Å². The Morgan fingerprint density at radius 3 is 2.68 bits per heavy atom. The fraction of sp³-hybridized carbons (Fsp3) is 0.500. The fourth-order valence-corrected chi connectivity index (χ4v) is 2.94. The number of nitrogens with one attached hydrogen (secondary N) is 2. The van der Waals surface area contributed by atoms with Gasteiger partial charge < -0.3 is 10.1 Å². The molecule has 0 spiro atoms. The Kier molecular flexibility index (Phi) is 5.78. The summed E-state index contributed by atoms with van der Waals surface area (Å²) in [5, 5.41) is 9.91. The number of hydrogen-bond acceptors (Lipinski definition) is 5. The van der Waals surface area contributed by atoms with Crippen molar-refractivity contribution in [2.45, 2.75) is 32.7 Å². The largest absolute Gasteiger partial charge is 0.379 e. The Morgan fingerprint density at radius 2 is 2.04 bits per heavy atom. The molecule has 0 aliphatic carbocycles. The van der Waals surface area contributed by atoms with Gasteiger partial charge in [0.05, 0.1) is 13.2 Å². The van der Waals surface area contributed by atoms with Gasteiger partial charge in [-0.1, -0.05) is 0 Å². The lowest BCUT2D eigenvalue weighted by Crippen LogP contribution is -2.42. The Hall–Kier alpha value is -2.25. The number of aromatic nitrogens is 3. The molecule has 1 aromatic heterocycles. The van der Waals surface area contributed by atoms with E-state index in [4.69, 9.17) is 4.74 Å². The molecule has 2 N–H and O–H groups in total. The van der Waals surface area contributed by atoms with Crippen LogP contribution in [-0.4, -0.2) is 58.3 Å². The van der Waals surface area contributed by atoms with Gasteiger partial charge in [0, 0.05) is 36.8 Å². The number of aromatic amines is 1. The molecule has 1 fully saturated rings. The first-order valence-corrected chi connectivity index (χ1v) is 8.73. The number of ether oxygens (including phenoxy) is 1. The maximum atomic E-state index is 12.2. The van der Waals surface area contributed by atoms with Crippen molar-refractivity contribution in [3.63, 3.8) is 0 Å². The summed E-state index contributed by atoms with van der Waals surface area (Å²) in [6.07, 6.45) is 1.36. The molecule has 0 bridgehead atoms. The first kappa shape index (κ1) is 17.6. The molecule has 7 nitrogen and oxygen atoms in total. The lowest BCUT2D eigenvalue weighted by Gasteiger charge is -2.32. The van der Waals surface area contributed by atoms with Crippen LogP contribution in [0.15, 0.2) is 24.3 Å². The highest BCUT2D eigenvalue weighted by atomic mass is 16.5. The highest BCUT2D eigenvalue weighted by molar-refractivity contribution is 5.90. The van der Waals surface area contributed by atoms with Gasteiger partial charge in [0.15, 0.2) is 5.82 Å². The van der Waals surface area contributed by atoms with Gasteiger partial charge in [-0.15, -0.1) is 0 Å². The summed E-state index contributed by atoms with van der Waals surface area (Å²) in [6, 6.07) is 7.98. The van der Waals surface area contributed by atoms with E-state index in [0.29, 0.717) is 18.3 Å². The lowest BCUT2D eigenvalue weighted by molar-refractivity contribution is -0.116. The number of carbonyl (C=O) groups excluding carboxylic acids is 1. The molecule has 1 aromatic carbocycles. The maximum absolute atomic E-state index is 12.2. The molecule has 7 heteroatoms. The van der Waals surface area contributed by atoms with Gasteiger partial charge in [-0.2, -0.15) is 5.10 Å². The Bertz CT molecular complexity index is 692. The van der Waals surface area contributed by atoms with Crippen LogP contribution in [0.2, 0.25) is 0 Å². The normalized spacial score (nSPS) is 16.6. The van der Waals surface area contributed by atoms with Crippen LogP contribution in [-0.2, 0) is 9.53 Å². The summed E-state index contributed by atoms with van der Waals surface area (Å²) < 4.78 is 5.37. The topological polar surface area (TPSA) is 83.1 Å². The molecule has 25 heavy (non-hydrogen) atoms. The van der Waals surface area contributed by atoms with Crippen LogP contribution in [0, 0.1) is 6.92 Å². The van der Waals surface area contributed by atoms with Crippen LogP contribution < -0.4 is 5.32 Å². The second-order valence-electron chi connectivity index (χ2n) is 6.41. The number of nitrogens with zero attached hydrogens (tertiary/aromatic N) is 3. The molecule has 0 radical (unpaired) electrons. The van der Waals surface area contributed by atoms with E-state index >= 15 is 0 Å². The predicted molar refractivity (Wildman–Crippen MR) is 96.3 cm³/mol. The summed E-state index contributed by atoms with van der Waals surface area (Å²) >= 11 is 0. The van der Waals surface area contributed by atoms with Crippen LogP contribution in [0.3, 0.4) is 0 Å². The van der Waals surface area contributed by atoms with Gasteiger partial charge in [-0.05, 0) is 44.5 Å². The van der Waals surface area contributed by atoms with Crippen molar-refractivity contribution in [3.8, 4) is 11.4 Å². The molecular formula is C18H25N5O2. The molecule has 1 aliphatic heterocycles. The van der Waals surface area contributed by atoms with E-state index in [1.54, 1.807) is 0 Å². The summed E-state index contributed by atoms with van der Waals surface area (Å²) in [4.78, 5) is 18.9. The first-order valence-electron chi connectivity index (χ1n) is 8.73. The third kappa shape index (κ3) is 4.87. The van der Waals surface area contributed by atoms with Gasteiger partial charge in [0.2, 0.25) is 5.91 Å². The molecule has 1 atom stereocenters. The predicted octanol–water partition coefficient (Wildman–Crippen LogP) is 2.22. The highest BCUT2D eigenvalue weighted by Crippen LogP contribution is 2.18. The van der Waals surface area contributed by atoms with Gasteiger partial charge >= 0.3 is 0 Å². The number of H-pyrrole nitrogens is 1. The molecule has 1 saturated heterocycles. The molecule has 1 aliphatic rings. The zero-order valence-electron chi connectivity index (χ0n) is 14.8. The number of rotatable bonds is 6. The zero-order valence-corrected chi connectivity index (χ0v) is 14.8. The van der Waals surface area contributed by atoms with Crippen LogP contribution >= 0.6 is 0 Å². The molecule has 1 unspecified atom stereocenters. The lowest BCUT2D eigenvalue weighted by atomic mass is 10.1. The first-order chi connectivity index (χ1) is 12.1. The van der Waals surface area contributed by atoms with Gasteiger partial charge in [0.1, 0.15) is 5.82 Å². The van der Waals surface area contributed by atoms with Crippen molar-refractivity contribution in [3.05, 3.63) is 30.1 Å². The second kappa shape index (κ2) is 8.22. The third-order valence-electron chi connectivity index (χ3n) is 4.48. The van der Waals surface area contributed by atoms with E-state index in [-0.39, 0.29) is 5.91 Å². The number of morpholine rings is 1. The number of carbonyl (C=O) groups is 1. The van der Waals surface area contributed by atoms with E-state index in [2.05, 4.69) is 32.3 Å². The number of aryl methyl sites for hydroxylation is 1. The van der Waals surface area contributed by atoms with Crippen LogP contribution in [0.1, 0.15) is 25.6 Å². The van der Waals surface area contributed by atoms with Crippen molar-refractivity contribution < 1.29 is 9.53 Å². The monoisotopic (exact) mass is 343 g/mol. The van der Waals surface area contributed by atoms with Crippen molar-refractivity contribution in [2.24, 2.45) is 0 Å². The minimum Gasteiger partial charge on any atom is -0.379 e. The molecule has 3 rings (SSSR count). The summed E-state index contributed by atoms with van der Waals surface area (Å²) in [5.41, 5.74) is 1.71. The SMILES string of the molecule is Cc1nc(-c2ccc(NC(=O)CCC(C)N3CCOCC3)cc2)n[nH]1. The summed E-state index contributed by atoms with van der Waals surface area (Å²) in [5.74, 6) is 1.48. The Balaban J connectivity index is 1.47. The standard InChI is InChI=1S/C18H25N5O2/c1-13(23-9-11-25-12-10-23)3-8-17(24)20-16-6-4-15(5-7-16)18-19-14(2)21-22-18/h4-7,13H,3,8-12H2,1-2H3,(H,20,24)(H,19,21,22). The van der Waals surface area contributed by atoms with Gasteiger partial charge in [0.25, 0.3) is 0 Å². The Labute approximate surface area is 147 Å². The quantitative estimate of drug-likeness (QED) is 0.840. The summed E-state index contributed by atoms with van der Waals surface area (Å²) in [7, 11) is 0. The number of amides is 1. The minimum atomic E-state index is 0.0431. The van der Waals surface area contributed by atoms with Crippen LogP contribution in [0.25, 0.3) is 11.4 Å². The number of benzene rings is 1. The number of anilines is 1. The van der Waals surface area contributed by atoms with E-state index in [1.165, 1.54) is 0 Å². The van der Waals surface area contributed by atoms with E-state index in [9.17, 15) is 4.79 Å². The van der Waals surface area contributed by atoms with Gasteiger partial charge in [-0.25, -0.2) is 4.98 Å². The third-order valence-corrected chi connectivity index (χ3v) is 4.48. The van der Waals surface area contributed by atoms with Crippen LogP contribution in [0.4, 0.5) is 5.69 Å². The van der Waals surface area contributed by atoms with Crippen LogP contribution in [0.5, 0.6) is 0 Å². The van der Waals surface area contributed by atoms with Gasteiger partial charge in [-0.3, -0.25) is 14.8 Å². The van der Waals surface area contributed by atoms with Crippen molar-refractivity contribution in [2.75, 3.05) is 31.6 Å². The van der Waals surface area contributed by atoms with Crippen molar-refractivity contribution in [1.82, 2.24) is 20.1 Å². The second-order valence-corrected chi connectivity index (χ2v) is 6.41. The average Bonchev–Trinajstić information content (AvgIpc) is 3.07. The molecular weight excluding hydrogens is 318 g/mol. The van der Waals surface area contributed by atoms with Crippen molar-refractivity contribution >= 4 is 11.6 Å².